The van der Waals surface area contributed by atoms with Crippen LogP contribution in [0.4, 0.5) is 0 Å². The summed E-state index contributed by atoms with van der Waals surface area (Å²) in [4.78, 5) is 4.29. The Morgan fingerprint density at radius 1 is 1.21 bits per heavy atom. The quantitative estimate of drug-likeness (QED) is 0.591. The lowest BCUT2D eigenvalue weighted by Crippen LogP contribution is -2.45. The highest BCUT2D eigenvalue weighted by molar-refractivity contribution is 4.94. The van der Waals surface area contributed by atoms with Crippen LogP contribution in [0.5, 0.6) is 0 Å². The smallest absolute Gasteiger partial charge is 0.0422 e. The van der Waals surface area contributed by atoms with Crippen LogP contribution in [-0.4, -0.2) is 39.0 Å². The van der Waals surface area contributed by atoms with Gasteiger partial charge < -0.3 is 20.8 Å². The topological polar surface area (TPSA) is 108 Å². The Morgan fingerprint density at radius 3 is 2.50 bits per heavy atom. The minimum atomic E-state index is -0.658. The van der Waals surface area contributed by atoms with Crippen LogP contribution < -0.4 is 0 Å². The molecule has 2 aliphatic rings. The molecule has 8 heteroatoms. The average Bonchev–Trinajstić information content (AvgIpc) is 2.42. The Balaban J connectivity index is 2.02. The number of rotatable bonds is 1. The maximum atomic E-state index is 11.0. The first kappa shape index (κ1) is 10.2. The van der Waals surface area contributed by atoms with Crippen LogP contribution in [-0.2, 0) is 4.94 Å². The Labute approximate surface area is 79.8 Å². The molecule has 0 amide bonds. The highest BCUT2D eigenvalue weighted by Crippen LogP contribution is 2.33. The van der Waals surface area contributed by atoms with Gasteiger partial charge in [0, 0.05) is 18.1 Å². The molecule has 1 saturated carbocycles. The molecule has 1 aliphatic carbocycles. The zero-order chi connectivity index (χ0) is 10.3. The zero-order valence-corrected chi connectivity index (χ0v) is 7.28. The van der Waals surface area contributed by atoms with Crippen molar-refractivity contribution in [2.45, 2.75) is 37.4 Å². The molecule has 0 aromatic carbocycles. The van der Waals surface area contributed by atoms with E-state index in [2.05, 4.69) is 4.94 Å². The van der Waals surface area contributed by atoms with Crippen molar-refractivity contribution in [1.82, 2.24) is 15.7 Å². The van der Waals surface area contributed by atoms with Crippen molar-refractivity contribution < 1.29 is 10.1 Å². The Bertz CT molecular complexity index is 216. The van der Waals surface area contributed by atoms with E-state index in [9.17, 15) is 15.6 Å². The van der Waals surface area contributed by atoms with E-state index < -0.39 is 18.1 Å². The molecule has 1 saturated heterocycles. The summed E-state index contributed by atoms with van der Waals surface area (Å²) in [5, 5.41) is 41.6. The van der Waals surface area contributed by atoms with Gasteiger partial charge in [0.15, 0.2) is 0 Å². The number of hydrogen-bond donors (Lipinski definition) is 1. The SMILES string of the molecule is [O-]N(O)[C@@H]1CC[C@H]2[C@@H](C1)N([O-])ON2[O-]. The van der Waals surface area contributed by atoms with E-state index >= 15 is 0 Å². The Hall–Kier alpha value is -0.320. The first-order valence-corrected chi connectivity index (χ1v) is 4.35. The van der Waals surface area contributed by atoms with E-state index in [4.69, 9.17) is 5.21 Å². The Kier molecular flexibility index (Phi) is 2.68. The van der Waals surface area contributed by atoms with Crippen LogP contribution in [0.3, 0.4) is 0 Å². The molecule has 2 fully saturated rings. The average molecular weight is 204 g/mol. The fourth-order valence-electron chi connectivity index (χ4n) is 1.98. The summed E-state index contributed by atoms with van der Waals surface area (Å²) in [6.07, 6.45) is 0.904. The fraction of sp³-hybridized carbons (Fsp3) is 1.00. The summed E-state index contributed by atoms with van der Waals surface area (Å²) in [5.41, 5.74) is 0. The van der Waals surface area contributed by atoms with Crippen LogP contribution in [0.1, 0.15) is 19.3 Å². The molecule has 0 aromatic rings. The van der Waals surface area contributed by atoms with Gasteiger partial charge in [0.2, 0.25) is 0 Å². The van der Waals surface area contributed by atoms with E-state index in [0.29, 0.717) is 12.8 Å². The molecule has 3 atom stereocenters. The van der Waals surface area contributed by atoms with Gasteiger partial charge in [-0.05, 0) is 19.3 Å². The minimum absolute atomic E-state index is 0.146. The van der Waals surface area contributed by atoms with Crippen LogP contribution in [0.2, 0.25) is 0 Å². The molecular formula is C6H10N3O5-3. The molecule has 14 heavy (non-hydrogen) atoms. The van der Waals surface area contributed by atoms with Crippen molar-refractivity contribution in [2.75, 3.05) is 0 Å². The van der Waals surface area contributed by atoms with E-state index in [-0.39, 0.29) is 22.1 Å². The summed E-state index contributed by atoms with van der Waals surface area (Å²) in [7, 11) is 0. The second kappa shape index (κ2) is 3.68. The highest BCUT2D eigenvalue weighted by Gasteiger charge is 2.38. The van der Waals surface area contributed by atoms with Crippen molar-refractivity contribution >= 4 is 0 Å². The molecule has 0 aromatic heterocycles. The van der Waals surface area contributed by atoms with Gasteiger partial charge in [-0.25, -0.2) is 15.4 Å². The minimum Gasteiger partial charge on any atom is -0.762 e. The largest absolute Gasteiger partial charge is 0.762 e. The summed E-state index contributed by atoms with van der Waals surface area (Å²) in [5.74, 6) is 0. The fourth-order valence-corrected chi connectivity index (χ4v) is 1.98. The van der Waals surface area contributed by atoms with Crippen LogP contribution in [0.15, 0.2) is 0 Å². The first-order chi connectivity index (χ1) is 6.59. The van der Waals surface area contributed by atoms with Gasteiger partial charge in [0.05, 0.1) is 0 Å². The van der Waals surface area contributed by atoms with Crippen LogP contribution in [0, 0.1) is 15.6 Å². The summed E-state index contributed by atoms with van der Waals surface area (Å²) < 4.78 is 0. The third-order valence-electron chi connectivity index (χ3n) is 2.77. The summed E-state index contributed by atoms with van der Waals surface area (Å²) in [6.45, 7) is 0. The highest BCUT2D eigenvalue weighted by atomic mass is 17.1. The van der Waals surface area contributed by atoms with Gasteiger partial charge >= 0.3 is 0 Å². The van der Waals surface area contributed by atoms with E-state index in [1.165, 1.54) is 0 Å². The number of hydrogen-bond acceptors (Lipinski definition) is 8. The van der Waals surface area contributed by atoms with Crippen molar-refractivity contribution in [3.05, 3.63) is 15.6 Å². The molecule has 0 unspecified atom stereocenters. The molecule has 1 heterocycles. The van der Waals surface area contributed by atoms with Gasteiger partial charge in [-0.3, -0.25) is 5.23 Å². The lowest BCUT2D eigenvalue weighted by atomic mass is 9.88. The third kappa shape index (κ3) is 1.62. The predicted octanol–water partition coefficient (Wildman–Crippen LogP) is -0.0751. The van der Waals surface area contributed by atoms with Crippen LogP contribution >= 0.6 is 0 Å². The summed E-state index contributed by atoms with van der Waals surface area (Å²) >= 11 is 0. The lowest BCUT2D eigenvalue weighted by Gasteiger charge is -2.41. The molecule has 0 bridgehead atoms. The van der Waals surface area contributed by atoms with Crippen LogP contribution in [0.25, 0.3) is 0 Å². The third-order valence-corrected chi connectivity index (χ3v) is 2.77. The van der Waals surface area contributed by atoms with E-state index in [1.807, 2.05) is 0 Å². The van der Waals surface area contributed by atoms with Gasteiger partial charge in [-0.15, -0.1) is 0 Å². The molecule has 1 aliphatic heterocycles. The maximum Gasteiger partial charge on any atom is 0.0422 e. The number of fused-ring (bicyclic) bond motifs is 1. The first-order valence-electron chi connectivity index (χ1n) is 4.35. The molecule has 82 valence electrons. The Morgan fingerprint density at radius 2 is 1.86 bits per heavy atom. The molecule has 0 spiro atoms. The molecule has 1 N–H and O–H groups in total. The van der Waals surface area contributed by atoms with Gasteiger partial charge in [-0.1, -0.05) is 0 Å². The lowest BCUT2D eigenvalue weighted by molar-refractivity contribution is -0.234. The van der Waals surface area contributed by atoms with Gasteiger partial charge in [0.1, 0.15) is 0 Å². The normalized spacial score (nSPS) is 40.5. The van der Waals surface area contributed by atoms with Crippen molar-refractivity contribution in [1.29, 1.82) is 0 Å². The summed E-state index contributed by atoms with van der Waals surface area (Å²) in [6, 6.07) is -1.80. The van der Waals surface area contributed by atoms with E-state index in [1.54, 1.807) is 0 Å². The molecule has 2 rings (SSSR count). The predicted molar refractivity (Wildman–Crippen MR) is 43.7 cm³/mol. The number of hydroxylamine groups is 6. The standard InChI is InChI=1S/C6H10N3O5/c10-7(11)4-1-2-5-6(3-4)9(13)14-8(5)12/h4-6,10H,1-3H2/q-3/t4-,5+,6-/m1/s1. The number of nitrogens with zero attached hydrogens (tertiary/aromatic N) is 3. The maximum absolute atomic E-state index is 11.0. The monoisotopic (exact) mass is 204 g/mol. The molecule has 8 nitrogen and oxygen atoms in total. The van der Waals surface area contributed by atoms with Crippen molar-refractivity contribution in [3.8, 4) is 0 Å². The molecular weight excluding hydrogens is 194 g/mol. The van der Waals surface area contributed by atoms with Gasteiger partial charge in [0.25, 0.3) is 0 Å². The molecule has 0 radical (unpaired) electrons. The second-order valence-electron chi connectivity index (χ2n) is 3.56. The zero-order valence-electron chi connectivity index (χ0n) is 7.28. The van der Waals surface area contributed by atoms with Gasteiger partial charge in [-0.2, -0.15) is 0 Å². The van der Waals surface area contributed by atoms with Crippen molar-refractivity contribution in [3.63, 3.8) is 0 Å². The van der Waals surface area contributed by atoms with Crippen molar-refractivity contribution in [2.24, 2.45) is 0 Å². The second-order valence-corrected chi connectivity index (χ2v) is 3.56. The van der Waals surface area contributed by atoms with E-state index in [0.717, 1.165) is 0 Å².